The molecule has 1 N–H and O–H groups in total. The van der Waals surface area contributed by atoms with E-state index in [2.05, 4.69) is 29.0 Å². The minimum Gasteiger partial charge on any atom is -0.357 e. The Bertz CT molecular complexity index is 527. The second-order valence-electron chi connectivity index (χ2n) is 6.96. The molecule has 1 fully saturated rings. The lowest BCUT2D eigenvalue weighted by molar-refractivity contribution is 0.188. The van der Waals surface area contributed by atoms with Crippen LogP contribution in [-0.2, 0) is 6.54 Å². The average molecular weight is 476 g/mol. The quantitative estimate of drug-likeness (QED) is 0.367. The summed E-state index contributed by atoms with van der Waals surface area (Å²) in [5.74, 6) is 1.42. The lowest BCUT2D eigenvalue weighted by Crippen LogP contribution is -2.39. The van der Waals surface area contributed by atoms with Crippen LogP contribution in [0, 0.1) is 11.7 Å². The third-order valence-corrected chi connectivity index (χ3v) is 4.78. The van der Waals surface area contributed by atoms with E-state index in [1.165, 1.54) is 51.0 Å². The van der Waals surface area contributed by atoms with Gasteiger partial charge >= 0.3 is 0 Å². The molecule has 2 rings (SSSR count). The fourth-order valence-electron chi connectivity index (χ4n) is 3.33. The Morgan fingerprint density at radius 2 is 1.88 bits per heavy atom. The van der Waals surface area contributed by atoms with Gasteiger partial charge in [-0.15, -0.1) is 24.0 Å². The van der Waals surface area contributed by atoms with Crippen molar-refractivity contribution in [2.45, 2.75) is 39.7 Å². The SMILES string of the molecule is CCCN1CCC(CN=C(NCC)N(C)Cc2ccc(F)cc2)CC1.I. The van der Waals surface area contributed by atoms with Gasteiger partial charge < -0.3 is 15.1 Å². The van der Waals surface area contributed by atoms with Crippen LogP contribution in [0.4, 0.5) is 4.39 Å². The van der Waals surface area contributed by atoms with E-state index in [4.69, 9.17) is 4.99 Å². The van der Waals surface area contributed by atoms with Gasteiger partial charge in [-0.3, -0.25) is 4.99 Å². The fraction of sp³-hybridized carbons (Fsp3) is 0.650. The predicted molar refractivity (Wildman–Crippen MR) is 119 cm³/mol. The van der Waals surface area contributed by atoms with Crippen LogP contribution in [0.1, 0.15) is 38.7 Å². The molecule has 0 bridgehead atoms. The molecule has 4 nitrogen and oxygen atoms in total. The molecule has 0 aromatic heterocycles. The molecule has 1 saturated heterocycles. The molecule has 0 amide bonds. The average Bonchev–Trinajstić information content (AvgIpc) is 2.62. The van der Waals surface area contributed by atoms with E-state index in [0.717, 1.165) is 31.2 Å². The molecule has 26 heavy (non-hydrogen) atoms. The first-order valence-electron chi connectivity index (χ1n) is 9.58. The summed E-state index contributed by atoms with van der Waals surface area (Å²) < 4.78 is 13.1. The van der Waals surface area contributed by atoms with Crippen LogP contribution < -0.4 is 5.32 Å². The monoisotopic (exact) mass is 476 g/mol. The van der Waals surface area contributed by atoms with Crippen LogP contribution in [0.15, 0.2) is 29.3 Å². The molecule has 148 valence electrons. The summed E-state index contributed by atoms with van der Waals surface area (Å²) in [7, 11) is 2.04. The van der Waals surface area contributed by atoms with Gasteiger partial charge in [0.15, 0.2) is 5.96 Å². The number of aliphatic imine (C=N–C) groups is 1. The van der Waals surface area contributed by atoms with Gasteiger partial charge in [0.2, 0.25) is 0 Å². The number of hydrogen-bond donors (Lipinski definition) is 1. The van der Waals surface area contributed by atoms with Gasteiger partial charge in [-0.2, -0.15) is 0 Å². The van der Waals surface area contributed by atoms with Crippen LogP contribution in [0.5, 0.6) is 0 Å². The zero-order chi connectivity index (χ0) is 18.1. The van der Waals surface area contributed by atoms with Crippen LogP contribution in [0.2, 0.25) is 0 Å². The molecular weight excluding hydrogens is 442 g/mol. The highest BCUT2D eigenvalue weighted by Gasteiger charge is 2.18. The first-order chi connectivity index (χ1) is 12.1. The number of piperidine rings is 1. The first kappa shape index (κ1) is 23.1. The topological polar surface area (TPSA) is 30.9 Å². The zero-order valence-electron chi connectivity index (χ0n) is 16.4. The molecule has 1 aromatic carbocycles. The van der Waals surface area contributed by atoms with Gasteiger partial charge in [-0.25, -0.2) is 4.39 Å². The Hall–Kier alpha value is -0.890. The highest BCUT2D eigenvalue weighted by molar-refractivity contribution is 14.0. The number of nitrogens with zero attached hydrogens (tertiary/aromatic N) is 3. The maximum atomic E-state index is 13.1. The Morgan fingerprint density at radius 1 is 1.23 bits per heavy atom. The van der Waals surface area contributed by atoms with Crippen molar-refractivity contribution in [1.29, 1.82) is 0 Å². The second-order valence-corrected chi connectivity index (χ2v) is 6.96. The summed E-state index contributed by atoms with van der Waals surface area (Å²) in [4.78, 5) is 9.54. The Balaban J connectivity index is 0.00000338. The van der Waals surface area contributed by atoms with Crippen molar-refractivity contribution in [2.75, 3.05) is 39.8 Å². The number of halogens is 2. The van der Waals surface area contributed by atoms with Gasteiger partial charge in [0.1, 0.15) is 5.82 Å². The van der Waals surface area contributed by atoms with Gasteiger partial charge in [0.05, 0.1) is 0 Å². The van der Waals surface area contributed by atoms with E-state index in [1.54, 1.807) is 0 Å². The number of rotatable bonds is 7. The molecule has 6 heteroatoms. The normalized spacial score (nSPS) is 16.2. The molecular formula is C20H34FIN4. The maximum Gasteiger partial charge on any atom is 0.193 e. The molecule has 0 radical (unpaired) electrons. The van der Waals surface area contributed by atoms with E-state index in [-0.39, 0.29) is 29.8 Å². The third-order valence-electron chi connectivity index (χ3n) is 4.78. The lowest BCUT2D eigenvalue weighted by Gasteiger charge is -2.31. The first-order valence-corrected chi connectivity index (χ1v) is 9.58. The van der Waals surface area contributed by atoms with E-state index < -0.39 is 0 Å². The number of likely N-dealkylation sites (tertiary alicyclic amines) is 1. The Labute approximate surface area is 175 Å². The third kappa shape index (κ3) is 7.78. The molecule has 1 aliphatic rings. The van der Waals surface area contributed by atoms with Crippen LogP contribution in [-0.4, -0.2) is 55.5 Å². The highest BCUT2D eigenvalue weighted by atomic mass is 127. The summed E-state index contributed by atoms with van der Waals surface area (Å²) in [6, 6.07) is 6.69. The molecule has 1 heterocycles. The predicted octanol–water partition coefficient (Wildman–Crippen LogP) is 3.96. The minimum absolute atomic E-state index is 0. The van der Waals surface area contributed by atoms with Crippen molar-refractivity contribution < 1.29 is 4.39 Å². The molecule has 1 aromatic rings. The van der Waals surface area contributed by atoms with Crippen molar-refractivity contribution in [3.05, 3.63) is 35.6 Å². The van der Waals surface area contributed by atoms with E-state index in [1.807, 2.05) is 19.2 Å². The molecule has 0 spiro atoms. The van der Waals surface area contributed by atoms with Crippen LogP contribution >= 0.6 is 24.0 Å². The van der Waals surface area contributed by atoms with Crippen molar-refractivity contribution in [3.8, 4) is 0 Å². The Kier molecular flexibility index (Phi) is 11.1. The summed E-state index contributed by atoms with van der Waals surface area (Å²) in [5.41, 5.74) is 1.09. The largest absolute Gasteiger partial charge is 0.357 e. The summed E-state index contributed by atoms with van der Waals surface area (Å²) in [5, 5.41) is 3.37. The molecule has 0 atom stereocenters. The van der Waals surface area contributed by atoms with E-state index in [9.17, 15) is 4.39 Å². The number of benzene rings is 1. The van der Waals surface area contributed by atoms with Gasteiger partial charge in [0.25, 0.3) is 0 Å². The van der Waals surface area contributed by atoms with Crippen LogP contribution in [0.25, 0.3) is 0 Å². The van der Waals surface area contributed by atoms with Gasteiger partial charge in [-0.1, -0.05) is 19.1 Å². The number of nitrogens with one attached hydrogen (secondary N) is 1. The Morgan fingerprint density at radius 3 is 2.46 bits per heavy atom. The maximum absolute atomic E-state index is 13.1. The molecule has 0 aliphatic carbocycles. The van der Waals surface area contributed by atoms with Crippen molar-refractivity contribution >= 4 is 29.9 Å². The fourth-order valence-corrected chi connectivity index (χ4v) is 3.33. The van der Waals surface area contributed by atoms with Crippen molar-refractivity contribution in [1.82, 2.24) is 15.1 Å². The minimum atomic E-state index is -0.193. The molecule has 0 saturated carbocycles. The van der Waals surface area contributed by atoms with E-state index in [0.29, 0.717) is 5.92 Å². The molecule has 1 aliphatic heterocycles. The number of hydrogen-bond acceptors (Lipinski definition) is 2. The van der Waals surface area contributed by atoms with Gasteiger partial charge in [-0.05, 0) is 69.4 Å². The van der Waals surface area contributed by atoms with E-state index >= 15 is 0 Å². The smallest absolute Gasteiger partial charge is 0.193 e. The second kappa shape index (κ2) is 12.5. The summed E-state index contributed by atoms with van der Waals surface area (Å²) in [6.07, 6.45) is 3.72. The summed E-state index contributed by atoms with van der Waals surface area (Å²) in [6.45, 7) is 10.4. The standard InChI is InChI=1S/C20H33FN4.HI/c1-4-12-25-13-10-17(11-14-25)15-23-20(22-5-2)24(3)16-18-6-8-19(21)9-7-18;/h6-9,17H,4-5,10-16H2,1-3H3,(H,22,23);1H. The summed E-state index contributed by atoms with van der Waals surface area (Å²) >= 11 is 0. The van der Waals surface area contributed by atoms with Gasteiger partial charge in [0, 0.05) is 26.7 Å². The zero-order valence-corrected chi connectivity index (χ0v) is 18.7. The van der Waals surface area contributed by atoms with Crippen molar-refractivity contribution in [2.24, 2.45) is 10.9 Å². The van der Waals surface area contributed by atoms with Crippen molar-refractivity contribution in [3.63, 3.8) is 0 Å². The number of guanidine groups is 1. The molecule has 0 unspecified atom stereocenters. The van der Waals surface area contributed by atoms with Crippen LogP contribution in [0.3, 0.4) is 0 Å². The lowest BCUT2D eigenvalue weighted by atomic mass is 9.97. The highest BCUT2D eigenvalue weighted by Crippen LogP contribution is 2.17.